The largest absolute Gasteiger partial charge is 0.481 e. The summed E-state index contributed by atoms with van der Waals surface area (Å²) in [7, 11) is 3.48. The van der Waals surface area contributed by atoms with Crippen LogP contribution in [0.25, 0.3) is 0 Å². The molecule has 2 aliphatic rings. The number of methoxy groups -OCH3 is 2. The Kier molecular flexibility index (Phi) is 5.28. The van der Waals surface area contributed by atoms with Crippen molar-refractivity contribution in [1.29, 1.82) is 0 Å². The SMILES string of the molecule is COCCN1CC[C@@H]2CN(Cc3cccnc3OC)C[C@@H]2C1. The lowest BCUT2D eigenvalue weighted by molar-refractivity contribution is 0.102. The van der Waals surface area contributed by atoms with Crippen LogP contribution in [0.15, 0.2) is 18.3 Å². The van der Waals surface area contributed by atoms with Crippen LogP contribution in [0.2, 0.25) is 0 Å². The van der Waals surface area contributed by atoms with Gasteiger partial charge in [-0.15, -0.1) is 0 Å². The van der Waals surface area contributed by atoms with E-state index in [1.807, 2.05) is 6.07 Å². The normalized spacial score (nSPS) is 26.1. The Morgan fingerprint density at radius 3 is 2.82 bits per heavy atom. The van der Waals surface area contributed by atoms with Gasteiger partial charge in [-0.2, -0.15) is 0 Å². The molecule has 122 valence electrons. The lowest BCUT2D eigenvalue weighted by Gasteiger charge is -2.34. The minimum atomic E-state index is 0.763. The quantitative estimate of drug-likeness (QED) is 0.796. The molecular weight excluding hydrogens is 278 g/mol. The van der Waals surface area contributed by atoms with Crippen molar-refractivity contribution in [2.45, 2.75) is 13.0 Å². The molecule has 22 heavy (non-hydrogen) atoms. The monoisotopic (exact) mass is 305 g/mol. The Labute approximate surface area is 133 Å². The molecule has 5 nitrogen and oxygen atoms in total. The summed E-state index contributed by atoms with van der Waals surface area (Å²) in [5.41, 5.74) is 1.19. The van der Waals surface area contributed by atoms with Crippen LogP contribution in [-0.2, 0) is 11.3 Å². The first-order valence-corrected chi connectivity index (χ1v) is 8.21. The molecule has 2 atom stereocenters. The summed E-state index contributed by atoms with van der Waals surface area (Å²) in [5, 5.41) is 0. The first kappa shape index (κ1) is 15.7. The van der Waals surface area contributed by atoms with Crippen molar-refractivity contribution in [1.82, 2.24) is 14.8 Å². The van der Waals surface area contributed by atoms with Gasteiger partial charge in [-0.25, -0.2) is 4.98 Å². The van der Waals surface area contributed by atoms with E-state index in [0.29, 0.717) is 0 Å². The second kappa shape index (κ2) is 7.40. The summed E-state index contributed by atoms with van der Waals surface area (Å²) in [5.74, 6) is 2.41. The number of aromatic nitrogens is 1. The molecule has 0 aliphatic carbocycles. The number of piperidine rings is 1. The van der Waals surface area contributed by atoms with Crippen LogP contribution in [0.5, 0.6) is 5.88 Å². The minimum Gasteiger partial charge on any atom is -0.481 e. The van der Waals surface area contributed by atoms with E-state index >= 15 is 0 Å². The summed E-state index contributed by atoms with van der Waals surface area (Å²) in [6, 6.07) is 4.12. The first-order valence-electron chi connectivity index (χ1n) is 8.21. The van der Waals surface area contributed by atoms with E-state index in [9.17, 15) is 0 Å². The van der Waals surface area contributed by atoms with Gasteiger partial charge in [0, 0.05) is 51.6 Å². The number of ether oxygens (including phenoxy) is 2. The third kappa shape index (κ3) is 3.59. The number of hydrogen-bond acceptors (Lipinski definition) is 5. The van der Waals surface area contributed by atoms with E-state index in [0.717, 1.165) is 37.4 Å². The highest BCUT2D eigenvalue weighted by Crippen LogP contribution is 2.32. The molecule has 5 heteroatoms. The van der Waals surface area contributed by atoms with E-state index in [2.05, 4.69) is 20.9 Å². The van der Waals surface area contributed by atoms with Crippen LogP contribution in [0.1, 0.15) is 12.0 Å². The van der Waals surface area contributed by atoms with Crippen molar-refractivity contribution >= 4 is 0 Å². The van der Waals surface area contributed by atoms with Gasteiger partial charge in [0.05, 0.1) is 13.7 Å². The molecule has 0 unspecified atom stereocenters. The van der Waals surface area contributed by atoms with Gasteiger partial charge in [-0.05, 0) is 30.9 Å². The van der Waals surface area contributed by atoms with Crippen LogP contribution in [0, 0.1) is 11.8 Å². The number of likely N-dealkylation sites (tertiary alicyclic amines) is 2. The molecule has 2 saturated heterocycles. The van der Waals surface area contributed by atoms with Crippen LogP contribution in [0.4, 0.5) is 0 Å². The first-order chi connectivity index (χ1) is 10.8. The van der Waals surface area contributed by atoms with Gasteiger partial charge in [0.2, 0.25) is 5.88 Å². The maximum Gasteiger partial charge on any atom is 0.217 e. The van der Waals surface area contributed by atoms with Crippen molar-refractivity contribution in [3.05, 3.63) is 23.9 Å². The molecule has 0 aromatic carbocycles. The lowest BCUT2D eigenvalue weighted by atomic mass is 9.89. The zero-order valence-corrected chi connectivity index (χ0v) is 13.7. The number of pyridine rings is 1. The zero-order valence-electron chi connectivity index (χ0n) is 13.7. The maximum atomic E-state index is 5.38. The standard InChI is InChI=1S/C17H27N3O2/c1-21-9-8-19-7-5-14-10-20(13-16(14)12-19)11-15-4-3-6-18-17(15)22-2/h3-4,6,14,16H,5,7-13H2,1-2H3/t14-,16+/m1/s1. The van der Waals surface area contributed by atoms with E-state index < -0.39 is 0 Å². The predicted octanol–water partition coefficient (Wildman–Crippen LogP) is 1.49. The highest BCUT2D eigenvalue weighted by atomic mass is 16.5. The Hall–Kier alpha value is -1.17. The molecule has 0 saturated carbocycles. The van der Waals surface area contributed by atoms with Gasteiger partial charge >= 0.3 is 0 Å². The van der Waals surface area contributed by atoms with Crippen LogP contribution >= 0.6 is 0 Å². The van der Waals surface area contributed by atoms with Gasteiger partial charge in [0.1, 0.15) is 0 Å². The molecule has 3 heterocycles. The Morgan fingerprint density at radius 1 is 1.18 bits per heavy atom. The van der Waals surface area contributed by atoms with Gasteiger partial charge in [-0.3, -0.25) is 4.90 Å². The Morgan fingerprint density at radius 2 is 2.00 bits per heavy atom. The van der Waals surface area contributed by atoms with Gasteiger partial charge in [0.15, 0.2) is 0 Å². The summed E-state index contributed by atoms with van der Waals surface area (Å²) in [6.45, 7) is 7.68. The fourth-order valence-electron chi connectivity index (χ4n) is 3.86. The minimum absolute atomic E-state index is 0.763. The second-order valence-corrected chi connectivity index (χ2v) is 6.47. The third-order valence-corrected chi connectivity index (χ3v) is 5.01. The predicted molar refractivity (Wildman–Crippen MR) is 86.0 cm³/mol. The molecular formula is C17H27N3O2. The molecule has 2 aliphatic heterocycles. The molecule has 3 rings (SSSR count). The average Bonchev–Trinajstić information content (AvgIpc) is 2.95. The van der Waals surface area contributed by atoms with Crippen LogP contribution < -0.4 is 4.74 Å². The Bertz CT molecular complexity index is 483. The summed E-state index contributed by atoms with van der Waals surface area (Å²) >= 11 is 0. The van der Waals surface area contributed by atoms with Crippen molar-refractivity contribution in [2.24, 2.45) is 11.8 Å². The highest BCUT2D eigenvalue weighted by Gasteiger charge is 2.36. The lowest BCUT2D eigenvalue weighted by Crippen LogP contribution is -2.41. The van der Waals surface area contributed by atoms with Crippen molar-refractivity contribution in [2.75, 3.05) is 53.6 Å². The topological polar surface area (TPSA) is 37.8 Å². The smallest absolute Gasteiger partial charge is 0.217 e. The third-order valence-electron chi connectivity index (χ3n) is 5.01. The number of hydrogen-bond donors (Lipinski definition) is 0. The van der Waals surface area contributed by atoms with Gasteiger partial charge in [-0.1, -0.05) is 6.07 Å². The number of rotatable bonds is 6. The highest BCUT2D eigenvalue weighted by molar-refractivity contribution is 5.25. The summed E-state index contributed by atoms with van der Waals surface area (Å²) in [6.07, 6.45) is 3.11. The van der Waals surface area contributed by atoms with Gasteiger partial charge < -0.3 is 14.4 Å². The molecule has 1 aromatic heterocycles. The molecule has 0 N–H and O–H groups in total. The molecule has 0 bridgehead atoms. The maximum absolute atomic E-state index is 5.38. The molecule has 1 aromatic rings. The van der Waals surface area contributed by atoms with Crippen molar-refractivity contribution in [3.8, 4) is 5.88 Å². The fourth-order valence-corrected chi connectivity index (χ4v) is 3.86. The molecule has 0 amide bonds. The van der Waals surface area contributed by atoms with Crippen molar-refractivity contribution < 1.29 is 9.47 Å². The van der Waals surface area contributed by atoms with E-state index in [1.54, 1.807) is 20.4 Å². The van der Waals surface area contributed by atoms with E-state index in [4.69, 9.17) is 9.47 Å². The molecule has 0 spiro atoms. The second-order valence-electron chi connectivity index (χ2n) is 6.47. The summed E-state index contributed by atoms with van der Waals surface area (Å²) < 4.78 is 10.6. The van der Waals surface area contributed by atoms with E-state index in [1.165, 1.54) is 38.2 Å². The van der Waals surface area contributed by atoms with Crippen LogP contribution in [0.3, 0.4) is 0 Å². The van der Waals surface area contributed by atoms with Gasteiger partial charge in [0.25, 0.3) is 0 Å². The Balaban J connectivity index is 1.56. The van der Waals surface area contributed by atoms with E-state index in [-0.39, 0.29) is 0 Å². The molecule has 2 fully saturated rings. The zero-order chi connectivity index (χ0) is 15.4. The molecule has 0 radical (unpaired) electrons. The van der Waals surface area contributed by atoms with Crippen molar-refractivity contribution in [3.63, 3.8) is 0 Å². The number of nitrogens with zero attached hydrogens (tertiary/aromatic N) is 3. The fraction of sp³-hybridized carbons (Fsp3) is 0.706. The number of fused-ring (bicyclic) bond motifs is 1. The average molecular weight is 305 g/mol. The van der Waals surface area contributed by atoms with Crippen LogP contribution in [-0.4, -0.2) is 68.3 Å². The summed E-state index contributed by atoms with van der Waals surface area (Å²) in [4.78, 5) is 9.42.